The van der Waals surface area contributed by atoms with Crippen LogP contribution < -0.4 is 4.74 Å². The average Bonchev–Trinajstić information content (AvgIpc) is 2.57. The van der Waals surface area contributed by atoms with Crippen molar-refractivity contribution in [2.75, 3.05) is 6.61 Å². The molecule has 0 fully saturated rings. The molecule has 0 saturated carbocycles. The zero-order valence-electron chi connectivity index (χ0n) is 12.8. The third kappa shape index (κ3) is 4.83. The molecule has 2 aromatic carbocycles. The van der Waals surface area contributed by atoms with Crippen LogP contribution in [-0.2, 0) is 4.74 Å². The Balaban J connectivity index is 2.13. The largest absolute Gasteiger partial charge is 0.462 e. The first kappa shape index (κ1) is 17.0. The Bertz CT molecular complexity index is 680. The average molecular weight is 333 g/mol. The molecule has 2 aromatic rings. The monoisotopic (exact) mass is 332 g/mol. The number of ether oxygens (including phenoxy) is 2. The van der Waals surface area contributed by atoms with E-state index in [1.165, 1.54) is 6.07 Å². The molecular weight excluding hydrogens is 316 g/mol. The minimum Gasteiger partial charge on any atom is -0.462 e. The molecule has 0 aliphatic carbocycles. The van der Waals surface area contributed by atoms with Crippen LogP contribution in [0.5, 0.6) is 5.75 Å². The van der Waals surface area contributed by atoms with Crippen molar-refractivity contribution in [1.29, 1.82) is 0 Å². The summed E-state index contributed by atoms with van der Waals surface area (Å²) in [7, 11) is 0. The lowest BCUT2D eigenvalue weighted by Crippen LogP contribution is -2.16. The van der Waals surface area contributed by atoms with Crippen molar-refractivity contribution in [2.24, 2.45) is 0 Å². The summed E-state index contributed by atoms with van der Waals surface area (Å²) in [5, 5.41) is 0.546. The van der Waals surface area contributed by atoms with Crippen molar-refractivity contribution in [1.82, 2.24) is 0 Å². The highest BCUT2D eigenvalue weighted by molar-refractivity contribution is 6.30. The Hall–Kier alpha value is -2.33. The minimum absolute atomic E-state index is 0.170. The van der Waals surface area contributed by atoms with E-state index >= 15 is 0 Å². The van der Waals surface area contributed by atoms with E-state index in [0.29, 0.717) is 17.4 Å². The lowest BCUT2D eigenvalue weighted by molar-refractivity contribution is 0.0491. The molecule has 0 heterocycles. The van der Waals surface area contributed by atoms with Crippen molar-refractivity contribution < 1.29 is 19.1 Å². The van der Waals surface area contributed by atoms with Gasteiger partial charge in [0.2, 0.25) is 0 Å². The van der Waals surface area contributed by atoms with E-state index in [-0.39, 0.29) is 11.1 Å². The minimum atomic E-state index is -0.615. The van der Waals surface area contributed by atoms with Crippen LogP contribution in [0.1, 0.15) is 40.5 Å². The molecule has 5 heteroatoms. The van der Waals surface area contributed by atoms with Gasteiger partial charge in [0.15, 0.2) is 0 Å². The molecule has 23 heavy (non-hydrogen) atoms. The second-order valence-corrected chi connectivity index (χ2v) is 5.31. The van der Waals surface area contributed by atoms with Gasteiger partial charge in [0, 0.05) is 5.02 Å². The summed E-state index contributed by atoms with van der Waals surface area (Å²) < 4.78 is 10.4. The number of esters is 2. The first-order valence-corrected chi connectivity index (χ1v) is 7.73. The van der Waals surface area contributed by atoms with E-state index in [1.54, 1.807) is 42.5 Å². The second kappa shape index (κ2) is 8.34. The van der Waals surface area contributed by atoms with E-state index in [0.717, 1.165) is 12.8 Å². The molecule has 0 N–H and O–H groups in total. The summed E-state index contributed by atoms with van der Waals surface area (Å²) in [5.41, 5.74) is 0.367. The smallest absolute Gasteiger partial charge is 0.344 e. The normalized spacial score (nSPS) is 10.2. The fourth-order valence-corrected chi connectivity index (χ4v) is 2.02. The van der Waals surface area contributed by atoms with Crippen molar-refractivity contribution in [3.63, 3.8) is 0 Å². The first-order valence-electron chi connectivity index (χ1n) is 7.35. The second-order valence-electron chi connectivity index (χ2n) is 4.88. The van der Waals surface area contributed by atoms with Crippen LogP contribution in [0.3, 0.4) is 0 Å². The standard InChI is InChI=1S/C18H17ClO4/c1-2-3-12-22-17(20)15-6-4-5-7-16(15)18(21)23-14-10-8-13(19)9-11-14/h4-11H,2-3,12H2,1H3. The zero-order chi connectivity index (χ0) is 16.7. The Morgan fingerprint density at radius 1 is 0.957 bits per heavy atom. The van der Waals surface area contributed by atoms with Gasteiger partial charge in [-0.1, -0.05) is 37.1 Å². The van der Waals surface area contributed by atoms with Crippen LogP contribution in [0.15, 0.2) is 48.5 Å². The SMILES string of the molecule is CCCCOC(=O)c1ccccc1C(=O)Oc1ccc(Cl)cc1. The Morgan fingerprint density at radius 2 is 1.57 bits per heavy atom. The van der Waals surface area contributed by atoms with E-state index in [2.05, 4.69) is 0 Å². The van der Waals surface area contributed by atoms with E-state index in [1.807, 2.05) is 6.92 Å². The topological polar surface area (TPSA) is 52.6 Å². The highest BCUT2D eigenvalue weighted by atomic mass is 35.5. The number of carbonyl (C=O) groups excluding carboxylic acids is 2. The van der Waals surface area contributed by atoms with E-state index in [4.69, 9.17) is 21.1 Å². The maximum Gasteiger partial charge on any atom is 0.344 e. The number of benzene rings is 2. The number of hydrogen-bond donors (Lipinski definition) is 0. The molecule has 0 bridgehead atoms. The lowest BCUT2D eigenvalue weighted by Gasteiger charge is -2.09. The van der Waals surface area contributed by atoms with Gasteiger partial charge < -0.3 is 9.47 Å². The van der Waals surface area contributed by atoms with Gasteiger partial charge >= 0.3 is 11.9 Å². The molecule has 0 radical (unpaired) electrons. The highest BCUT2D eigenvalue weighted by Gasteiger charge is 2.19. The predicted molar refractivity (Wildman–Crippen MR) is 88.0 cm³/mol. The maximum absolute atomic E-state index is 12.3. The predicted octanol–water partition coefficient (Wildman–Crippen LogP) is 4.52. The van der Waals surface area contributed by atoms with Crippen molar-refractivity contribution in [3.05, 3.63) is 64.7 Å². The van der Waals surface area contributed by atoms with Gasteiger partial charge in [-0.05, 0) is 42.8 Å². The van der Waals surface area contributed by atoms with Gasteiger partial charge in [0.25, 0.3) is 0 Å². The third-order valence-corrected chi connectivity index (χ3v) is 3.37. The molecule has 0 aromatic heterocycles. The summed E-state index contributed by atoms with van der Waals surface area (Å²) >= 11 is 5.79. The summed E-state index contributed by atoms with van der Waals surface area (Å²) in [6.07, 6.45) is 1.71. The van der Waals surface area contributed by atoms with Gasteiger partial charge in [-0.2, -0.15) is 0 Å². The zero-order valence-corrected chi connectivity index (χ0v) is 13.5. The van der Waals surface area contributed by atoms with Crippen LogP contribution in [0, 0.1) is 0 Å². The summed E-state index contributed by atoms with van der Waals surface area (Å²) in [6, 6.07) is 12.8. The molecule has 0 aliphatic rings. The molecule has 0 saturated heterocycles. The van der Waals surface area contributed by atoms with Gasteiger partial charge in [0.1, 0.15) is 5.75 Å². The summed E-state index contributed by atoms with van der Waals surface area (Å²) in [6.45, 7) is 2.33. The number of halogens is 1. The van der Waals surface area contributed by atoms with Crippen LogP contribution in [0.2, 0.25) is 5.02 Å². The van der Waals surface area contributed by atoms with Crippen molar-refractivity contribution >= 4 is 23.5 Å². The number of rotatable bonds is 6. The quantitative estimate of drug-likeness (QED) is 0.443. The number of hydrogen-bond acceptors (Lipinski definition) is 4. The molecule has 0 amide bonds. The Kier molecular flexibility index (Phi) is 6.18. The van der Waals surface area contributed by atoms with Gasteiger partial charge in [-0.15, -0.1) is 0 Å². The van der Waals surface area contributed by atoms with Crippen molar-refractivity contribution in [2.45, 2.75) is 19.8 Å². The molecule has 2 rings (SSSR count). The highest BCUT2D eigenvalue weighted by Crippen LogP contribution is 2.18. The molecule has 0 spiro atoms. The third-order valence-electron chi connectivity index (χ3n) is 3.12. The van der Waals surface area contributed by atoms with Crippen LogP contribution in [0.25, 0.3) is 0 Å². The van der Waals surface area contributed by atoms with Crippen LogP contribution >= 0.6 is 11.6 Å². The fourth-order valence-electron chi connectivity index (χ4n) is 1.89. The maximum atomic E-state index is 12.3. The fraction of sp³-hybridized carbons (Fsp3) is 0.222. The van der Waals surface area contributed by atoms with E-state index < -0.39 is 11.9 Å². The van der Waals surface area contributed by atoms with Gasteiger partial charge in [0.05, 0.1) is 17.7 Å². The molecule has 4 nitrogen and oxygen atoms in total. The van der Waals surface area contributed by atoms with Crippen LogP contribution in [-0.4, -0.2) is 18.5 Å². The molecule has 0 atom stereocenters. The molecular formula is C18H17ClO4. The molecule has 0 aliphatic heterocycles. The van der Waals surface area contributed by atoms with Gasteiger partial charge in [-0.3, -0.25) is 0 Å². The molecule has 0 unspecified atom stereocenters. The number of unbranched alkanes of at least 4 members (excludes halogenated alkanes) is 1. The first-order chi connectivity index (χ1) is 11.1. The van der Waals surface area contributed by atoms with Crippen molar-refractivity contribution in [3.8, 4) is 5.75 Å². The van der Waals surface area contributed by atoms with E-state index in [9.17, 15) is 9.59 Å². The Morgan fingerprint density at radius 3 is 2.17 bits per heavy atom. The number of carbonyl (C=O) groups is 2. The summed E-state index contributed by atoms with van der Waals surface area (Å²) in [4.78, 5) is 24.4. The Labute approximate surface area is 140 Å². The summed E-state index contributed by atoms with van der Waals surface area (Å²) in [5.74, 6) is -0.786. The lowest BCUT2D eigenvalue weighted by atomic mass is 10.1. The molecule has 120 valence electrons. The van der Waals surface area contributed by atoms with Crippen LogP contribution in [0.4, 0.5) is 0 Å². The van der Waals surface area contributed by atoms with Gasteiger partial charge in [-0.25, -0.2) is 9.59 Å².